The number of hydrogen-bond acceptors (Lipinski definition) is 4. The van der Waals surface area contributed by atoms with Gasteiger partial charge < -0.3 is 10.8 Å². The number of benzene rings is 3. The summed E-state index contributed by atoms with van der Waals surface area (Å²) in [6.07, 6.45) is 3.47. The number of nitrogens with zero attached hydrogens (tertiary/aromatic N) is 2. The smallest absolute Gasteiger partial charge is 0.335 e. The summed E-state index contributed by atoms with van der Waals surface area (Å²) in [5.41, 5.74) is 8.26. The number of nitrogens with two attached hydrogens (primary N) is 1. The minimum absolute atomic E-state index is 0.259. The van der Waals surface area contributed by atoms with Crippen LogP contribution in [-0.2, 0) is 0 Å². The average Bonchev–Trinajstić information content (AvgIpc) is 2.68. The van der Waals surface area contributed by atoms with Crippen molar-refractivity contribution in [1.82, 2.24) is 0 Å². The van der Waals surface area contributed by atoms with Crippen LogP contribution >= 0.6 is 0 Å². The molecule has 0 fully saturated rings. The quantitative estimate of drug-likeness (QED) is 0.424. The van der Waals surface area contributed by atoms with E-state index < -0.39 is 5.97 Å². The van der Waals surface area contributed by atoms with Gasteiger partial charge in [0.15, 0.2) is 0 Å². The Morgan fingerprint density at radius 2 is 1.15 bits per heavy atom. The van der Waals surface area contributed by atoms with Gasteiger partial charge in [-0.05, 0) is 35.4 Å². The number of nitrogen functional groups attached to an aromatic ring is 1. The summed E-state index contributed by atoms with van der Waals surface area (Å²) in [6.45, 7) is 0. The highest BCUT2D eigenvalue weighted by Crippen LogP contribution is 2.04. The van der Waals surface area contributed by atoms with Crippen LogP contribution in [0.25, 0.3) is 0 Å². The van der Waals surface area contributed by atoms with Crippen molar-refractivity contribution in [2.45, 2.75) is 0 Å². The molecule has 3 aromatic carbocycles. The number of carbonyl (C=O) groups is 1. The monoisotopic (exact) mass is 345 g/mol. The van der Waals surface area contributed by atoms with E-state index in [1.54, 1.807) is 24.6 Å². The van der Waals surface area contributed by atoms with Crippen LogP contribution in [0.4, 0.5) is 5.69 Å². The van der Waals surface area contributed by atoms with Crippen LogP contribution in [0.3, 0.4) is 0 Å². The molecule has 0 spiro atoms. The standard InChI is InChI=1S/C14H12N2.C7H7NO2/c1-3-7-13(8-4-1)11-15-16-12-14-9-5-2-6-10-14;8-6-3-1-5(2-4-6)7(9)10/h1-12H;1-4H,8H2,(H,9,10)/b15-11+,16-12+;. The first-order chi connectivity index (χ1) is 12.6. The van der Waals surface area contributed by atoms with Crippen molar-refractivity contribution < 1.29 is 9.90 Å². The molecule has 0 aliphatic carbocycles. The normalized spacial score (nSPS) is 10.5. The molecule has 0 bridgehead atoms. The van der Waals surface area contributed by atoms with Crippen LogP contribution in [0.1, 0.15) is 21.5 Å². The number of carboxylic acid groups (broad SMARTS) is 1. The van der Waals surface area contributed by atoms with Crippen molar-refractivity contribution in [2.24, 2.45) is 10.2 Å². The zero-order valence-corrected chi connectivity index (χ0v) is 14.1. The largest absolute Gasteiger partial charge is 0.478 e. The van der Waals surface area contributed by atoms with Crippen molar-refractivity contribution in [3.63, 3.8) is 0 Å². The second-order valence-corrected chi connectivity index (χ2v) is 5.24. The SMILES string of the molecule is C(=N\N=C\c1ccccc1)/c1ccccc1.Nc1ccc(C(=O)O)cc1. The van der Waals surface area contributed by atoms with Gasteiger partial charge in [-0.15, -0.1) is 0 Å². The lowest BCUT2D eigenvalue weighted by Gasteiger charge is -1.93. The molecule has 3 rings (SSSR count). The van der Waals surface area contributed by atoms with E-state index in [0.29, 0.717) is 5.69 Å². The van der Waals surface area contributed by atoms with Crippen molar-refractivity contribution in [1.29, 1.82) is 0 Å². The number of anilines is 1. The number of hydrogen-bond donors (Lipinski definition) is 2. The maximum Gasteiger partial charge on any atom is 0.335 e. The molecule has 0 amide bonds. The lowest BCUT2D eigenvalue weighted by atomic mass is 10.2. The zero-order chi connectivity index (χ0) is 18.6. The molecule has 5 nitrogen and oxygen atoms in total. The highest BCUT2D eigenvalue weighted by Gasteiger charge is 1.98. The fourth-order valence-corrected chi connectivity index (χ4v) is 1.90. The molecule has 0 unspecified atom stereocenters. The Hall–Kier alpha value is -3.73. The van der Waals surface area contributed by atoms with Crippen LogP contribution in [0.5, 0.6) is 0 Å². The average molecular weight is 345 g/mol. The molecular formula is C21H19N3O2. The topological polar surface area (TPSA) is 88.0 Å². The van der Waals surface area contributed by atoms with E-state index in [4.69, 9.17) is 10.8 Å². The molecule has 3 N–H and O–H groups in total. The summed E-state index contributed by atoms with van der Waals surface area (Å²) in [5, 5.41) is 16.4. The molecule has 0 atom stereocenters. The first-order valence-electron chi connectivity index (χ1n) is 7.90. The van der Waals surface area contributed by atoms with Gasteiger partial charge in [0, 0.05) is 5.69 Å². The van der Waals surface area contributed by atoms with Gasteiger partial charge in [-0.3, -0.25) is 0 Å². The molecule has 0 heterocycles. The third-order valence-electron chi connectivity index (χ3n) is 3.24. The number of aromatic carboxylic acids is 1. The van der Waals surface area contributed by atoms with E-state index in [2.05, 4.69) is 10.2 Å². The van der Waals surface area contributed by atoms with E-state index in [1.807, 2.05) is 60.7 Å². The maximum atomic E-state index is 10.3. The fraction of sp³-hybridized carbons (Fsp3) is 0. The third kappa shape index (κ3) is 6.80. The van der Waals surface area contributed by atoms with E-state index in [9.17, 15) is 4.79 Å². The van der Waals surface area contributed by atoms with Gasteiger partial charge in [-0.2, -0.15) is 10.2 Å². The van der Waals surface area contributed by atoms with Crippen molar-refractivity contribution in [2.75, 3.05) is 5.73 Å². The van der Waals surface area contributed by atoms with Crippen LogP contribution < -0.4 is 5.73 Å². The molecule has 0 aliphatic rings. The van der Waals surface area contributed by atoms with Gasteiger partial charge in [-0.25, -0.2) is 4.79 Å². The molecule has 0 aromatic heterocycles. The minimum Gasteiger partial charge on any atom is -0.478 e. The van der Waals surface area contributed by atoms with Gasteiger partial charge >= 0.3 is 5.97 Å². The second-order valence-electron chi connectivity index (χ2n) is 5.24. The summed E-state index contributed by atoms with van der Waals surface area (Å²) in [5.74, 6) is -0.931. The molecular weight excluding hydrogens is 326 g/mol. The summed E-state index contributed by atoms with van der Waals surface area (Å²) < 4.78 is 0. The Bertz CT molecular complexity index is 811. The van der Waals surface area contributed by atoms with Gasteiger partial charge in [0.1, 0.15) is 0 Å². The molecule has 5 heteroatoms. The molecule has 0 aliphatic heterocycles. The zero-order valence-electron chi connectivity index (χ0n) is 14.1. The Labute approximate surface area is 152 Å². The minimum atomic E-state index is -0.931. The Kier molecular flexibility index (Phi) is 7.30. The Morgan fingerprint density at radius 1 is 0.731 bits per heavy atom. The Balaban J connectivity index is 0.000000209. The van der Waals surface area contributed by atoms with Crippen molar-refractivity contribution in [3.8, 4) is 0 Å². The Morgan fingerprint density at radius 3 is 1.54 bits per heavy atom. The molecule has 0 radical (unpaired) electrons. The van der Waals surface area contributed by atoms with Gasteiger partial charge in [0.2, 0.25) is 0 Å². The van der Waals surface area contributed by atoms with Crippen LogP contribution in [0.2, 0.25) is 0 Å². The predicted molar refractivity (Wildman–Crippen MR) is 106 cm³/mol. The lowest BCUT2D eigenvalue weighted by Crippen LogP contribution is -1.95. The van der Waals surface area contributed by atoms with E-state index in [-0.39, 0.29) is 5.56 Å². The van der Waals surface area contributed by atoms with E-state index in [0.717, 1.165) is 11.1 Å². The fourth-order valence-electron chi connectivity index (χ4n) is 1.90. The van der Waals surface area contributed by atoms with Gasteiger partial charge in [-0.1, -0.05) is 60.7 Å². The van der Waals surface area contributed by atoms with Crippen LogP contribution in [0.15, 0.2) is 95.1 Å². The third-order valence-corrected chi connectivity index (χ3v) is 3.24. The van der Waals surface area contributed by atoms with Gasteiger partial charge in [0.25, 0.3) is 0 Å². The number of carboxylic acids is 1. The molecule has 130 valence electrons. The van der Waals surface area contributed by atoms with Crippen LogP contribution in [-0.4, -0.2) is 23.5 Å². The molecule has 26 heavy (non-hydrogen) atoms. The number of rotatable bonds is 4. The summed E-state index contributed by atoms with van der Waals surface area (Å²) in [7, 11) is 0. The summed E-state index contributed by atoms with van der Waals surface area (Å²) in [6, 6.07) is 25.9. The van der Waals surface area contributed by atoms with E-state index >= 15 is 0 Å². The summed E-state index contributed by atoms with van der Waals surface area (Å²) >= 11 is 0. The highest BCUT2D eigenvalue weighted by molar-refractivity contribution is 5.87. The second kappa shape index (κ2) is 10.2. The predicted octanol–water partition coefficient (Wildman–Crippen LogP) is 4.11. The van der Waals surface area contributed by atoms with Crippen LogP contribution in [0, 0.1) is 0 Å². The lowest BCUT2D eigenvalue weighted by molar-refractivity contribution is 0.0697. The first kappa shape index (κ1) is 18.6. The molecule has 0 saturated heterocycles. The van der Waals surface area contributed by atoms with Crippen molar-refractivity contribution >= 4 is 24.1 Å². The summed E-state index contributed by atoms with van der Waals surface area (Å²) in [4.78, 5) is 10.3. The maximum absolute atomic E-state index is 10.3. The molecule has 3 aromatic rings. The molecule has 0 saturated carbocycles. The van der Waals surface area contributed by atoms with E-state index in [1.165, 1.54) is 12.1 Å². The first-order valence-corrected chi connectivity index (χ1v) is 7.90. The van der Waals surface area contributed by atoms with Crippen molar-refractivity contribution in [3.05, 3.63) is 102 Å². The highest BCUT2D eigenvalue weighted by atomic mass is 16.4. The van der Waals surface area contributed by atoms with Gasteiger partial charge in [0.05, 0.1) is 18.0 Å².